The predicted octanol–water partition coefficient (Wildman–Crippen LogP) is 3.75. The van der Waals surface area contributed by atoms with Crippen molar-refractivity contribution in [1.82, 2.24) is 10.2 Å². The van der Waals surface area contributed by atoms with Gasteiger partial charge in [-0.05, 0) is 62.7 Å². The normalized spacial score (nSPS) is 34.1. The molecule has 1 saturated heterocycles. The number of rotatable bonds is 4. The molecule has 0 bridgehead atoms. The van der Waals surface area contributed by atoms with Gasteiger partial charge in [-0.15, -0.1) is 0 Å². The number of nitrogens with zero attached hydrogens (tertiary/aromatic N) is 1. The summed E-state index contributed by atoms with van der Waals surface area (Å²) in [5.41, 5.74) is 0. The second kappa shape index (κ2) is 8.55. The third kappa shape index (κ3) is 5.21. The number of likely N-dealkylation sites (tertiary alicyclic amines) is 1. The molecule has 4 nitrogen and oxygen atoms in total. The van der Waals surface area contributed by atoms with E-state index in [1.54, 1.807) is 0 Å². The molecule has 25 heavy (non-hydrogen) atoms. The quantitative estimate of drug-likeness (QED) is 0.841. The standard InChI is InChI=1S/C21H36N2O2/c1-15-11-16(2)14-23(13-15)21(25)18-7-9-19(10-8-18)22-20(24)12-17-5-3-4-6-17/h15-19H,3-14H2,1-2H3,(H,22,24)/t15-,16-,18?,19?/m0/s1. The van der Waals surface area contributed by atoms with Crippen LogP contribution < -0.4 is 5.32 Å². The van der Waals surface area contributed by atoms with Gasteiger partial charge >= 0.3 is 0 Å². The molecule has 2 amide bonds. The fraction of sp³-hybridized carbons (Fsp3) is 0.905. The zero-order valence-electron chi connectivity index (χ0n) is 16.1. The Hall–Kier alpha value is -1.06. The van der Waals surface area contributed by atoms with E-state index in [-0.39, 0.29) is 17.9 Å². The van der Waals surface area contributed by atoms with Crippen molar-refractivity contribution in [2.24, 2.45) is 23.7 Å². The Bertz CT molecular complexity index is 455. The Morgan fingerprint density at radius 2 is 1.52 bits per heavy atom. The molecule has 2 saturated carbocycles. The van der Waals surface area contributed by atoms with Crippen molar-refractivity contribution >= 4 is 11.8 Å². The smallest absolute Gasteiger partial charge is 0.225 e. The molecule has 0 aromatic carbocycles. The Kier molecular flexibility index (Phi) is 6.40. The van der Waals surface area contributed by atoms with Gasteiger partial charge in [0.15, 0.2) is 0 Å². The van der Waals surface area contributed by atoms with Crippen molar-refractivity contribution < 1.29 is 9.59 Å². The second-order valence-corrected chi connectivity index (χ2v) is 9.16. The van der Waals surface area contributed by atoms with Gasteiger partial charge in [0.1, 0.15) is 0 Å². The maximum atomic E-state index is 12.8. The van der Waals surface area contributed by atoms with Gasteiger partial charge in [0.25, 0.3) is 0 Å². The lowest BCUT2D eigenvalue weighted by Gasteiger charge is -2.38. The molecule has 2 aliphatic carbocycles. The van der Waals surface area contributed by atoms with E-state index in [4.69, 9.17) is 0 Å². The minimum absolute atomic E-state index is 0.181. The summed E-state index contributed by atoms with van der Waals surface area (Å²) in [5.74, 6) is 2.65. The molecule has 0 unspecified atom stereocenters. The van der Waals surface area contributed by atoms with Crippen LogP contribution in [0.2, 0.25) is 0 Å². The van der Waals surface area contributed by atoms with Crippen molar-refractivity contribution in [1.29, 1.82) is 0 Å². The molecule has 2 atom stereocenters. The summed E-state index contributed by atoms with van der Waals surface area (Å²) in [6, 6.07) is 0.289. The molecule has 1 aliphatic heterocycles. The lowest BCUT2D eigenvalue weighted by molar-refractivity contribution is -0.139. The molecule has 0 aromatic heterocycles. The van der Waals surface area contributed by atoms with Crippen molar-refractivity contribution in [3.05, 3.63) is 0 Å². The van der Waals surface area contributed by atoms with Crippen LogP contribution in [0.3, 0.4) is 0 Å². The lowest BCUT2D eigenvalue weighted by atomic mass is 9.83. The number of piperidine rings is 1. The lowest BCUT2D eigenvalue weighted by Crippen LogP contribution is -2.47. The van der Waals surface area contributed by atoms with Gasteiger partial charge in [-0.25, -0.2) is 0 Å². The fourth-order valence-corrected chi connectivity index (χ4v) is 5.35. The van der Waals surface area contributed by atoms with Crippen LogP contribution in [0.4, 0.5) is 0 Å². The molecule has 3 rings (SSSR count). The average molecular weight is 349 g/mol. The van der Waals surface area contributed by atoms with Crippen LogP contribution in [0.15, 0.2) is 0 Å². The third-order valence-electron chi connectivity index (χ3n) is 6.57. The van der Waals surface area contributed by atoms with Gasteiger partial charge in [0.2, 0.25) is 11.8 Å². The number of hydrogen-bond donors (Lipinski definition) is 1. The van der Waals surface area contributed by atoms with E-state index in [0.717, 1.165) is 38.8 Å². The van der Waals surface area contributed by atoms with Gasteiger partial charge in [0, 0.05) is 31.5 Å². The molecule has 4 heteroatoms. The van der Waals surface area contributed by atoms with Gasteiger partial charge in [-0.3, -0.25) is 9.59 Å². The third-order valence-corrected chi connectivity index (χ3v) is 6.57. The minimum Gasteiger partial charge on any atom is -0.353 e. The molecule has 142 valence electrons. The highest BCUT2D eigenvalue weighted by Gasteiger charge is 2.33. The van der Waals surface area contributed by atoms with Gasteiger partial charge < -0.3 is 10.2 Å². The first kappa shape index (κ1) is 18.7. The molecule has 0 spiro atoms. The van der Waals surface area contributed by atoms with E-state index in [1.165, 1.54) is 32.1 Å². The summed E-state index contributed by atoms with van der Waals surface area (Å²) in [5, 5.41) is 3.24. The largest absolute Gasteiger partial charge is 0.353 e. The summed E-state index contributed by atoms with van der Waals surface area (Å²) in [6.45, 7) is 6.38. The fourth-order valence-electron chi connectivity index (χ4n) is 5.35. The van der Waals surface area contributed by atoms with E-state index >= 15 is 0 Å². The molecule has 0 radical (unpaired) electrons. The second-order valence-electron chi connectivity index (χ2n) is 9.16. The summed E-state index contributed by atoms with van der Waals surface area (Å²) in [6.07, 6.45) is 10.8. The van der Waals surface area contributed by atoms with Crippen LogP contribution in [0.1, 0.15) is 78.1 Å². The molecule has 0 aromatic rings. The first-order valence-corrected chi connectivity index (χ1v) is 10.6. The van der Waals surface area contributed by atoms with Gasteiger partial charge in [0.05, 0.1) is 0 Å². The monoisotopic (exact) mass is 348 g/mol. The van der Waals surface area contributed by atoms with E-state index in [0.29, 0.717) is 30.1 Å². The van der Waals surface area contributed by atoms with Crippen molar-refractivity contribution in [2.45, 2.75) is 84.1 Å². The van der Waals surface area contributed by atoms with Crippen LogP contribution in [0.25, 0.3) is 0 Å². The van der Waals surface area contributed by atoms with Crippen LogP contribution in [0, 0.1) is 23.7 Å². The number of amides is 2. The Balaban J connectivity index is 1.40. The zero-order chi connectivity index (χ0) is 17.8. The molecular formula is C21H36N2O2. The highest BCUT2D eigenvalue weighted by molar-refractivity contribution is 5.79. The number of nitrogens with one attached hydrogen (secondary N) is 1. The number of hydrogen-bond acceptors (Lipinski definition) is 2. The molecular weight excluding hydrogens is 312 g/mol. The molecule has 1 heterocycles. The highest BCUT2D eigenvalue weighted by atomic mass is 16.2. The summed E-state index contributed by atoms with van der Waals surface area (Å²) in [7, 11) is 0. The molecule has 3 aliphatic rings. The topological polar surface area (TPSA) is 49.4 Å². The van der Waals surface area contributed by atoms with E-state index in [9.17, 15) is 9.59 Å². The highest BCUT2D eigenvalue weighted by Crippen LogP contribution is 2.30. The minimum atomic E-state index is 0.181. The first-order valence-electron chi connectivity index (χ1n) is 10.6. The average Bonchev–Trinajstić information content (AvgIpc) is 3.07. The maximum absolute atomic E-state index is 12.8. The number of carbonyl (C=O) groups is 2. The van der Waals surface area contributed by atoms with E-state index in [2.05, 4.69) is 24.1 Å². The molecule has 1 N–H and O–H groups in total. The van der Waals surface area contributed by atoms with E-state index in [1.807, 2.05) is 0 Å². The summed E-state index contributed by atoms with van der Waals surface area (Å²) < 4.78 is 0. The van der Waals surface area contributed by atoms with Crippen LogP contribution >= 0.6 is 0 Å². The predicted molar refractivity (Wildman–Crippen MR) is 100.0 cm³/mol. The zero-order valence-corrected chi connectivity index (χ0v) is 16.1. The molecule has 3 fully saturated rings. The summed E-state index contributed by atoms with van der Waals surface area (Å²) in [4.78, 5) is 27.2. The van der Waals surface area contributed by atoms with Crippen molar-refractivity contribution in [3.63, 3.8) is 0 Å². The van der Waals surface area contributed by atoms with Crippen molar-refractivity contribution in [3.8, 4) is 0 Å². The number of carbonyl (C=O) groups excluding carboxylic acids is 2. The van der Waals surface area contributed by atoms with Crippen molar-refractivity contribution in [2.75, 3.05) is 13.1 Å². The summed E-state index contributed by atoms with van der Waals surface area (Å²) >= 11 is 0. The van der Waals surface area contributed by atoms with Crippen LogP contribution in [-0.4, -0.2) is 35.8 Å². The Morgan fingerprint density at radius 3 is 2.12 bits per heavy atom. The van der Waals surface area contributed by atoms with Crippen LogP contribution in [0.5, 0.6) is 0 Å². The SMILES string of the molecule is C[C@H]1C[C@H](C)CN(C(=O)C2CCC(NC(=O)CC3CCCC3)CC2)C1. The van der Waals surface area contributed by atoms with E-state index < -0.39 is 0 Å². The Labute approximate surface area is 153 Å². The Morgan fingerprint density at radius 1 is 0.920 bits per heavy atom. The first-order chi connectivity index (χ1) is 12.0. The van der Waals surface area contributed by atoms with Crippen LogP contribution in [-0.2, 0) is 9.59 Å². The maximum Gasteiger partial charge on any atom is 0.225 e. The van der Waals surface area contributed by atoms with Gasteiger partial charge in [-0.2, -0.15) is 0 Å². The van der Waals surface area contributed by atoms with Gasteiger partial charge in [-0.1, -0.05) is 26.7 Å².